The molecule has 0 radical (unpaired) electrons. The van der Waals surface area contributed by atoms with E-state index in [1.807, 2.05) is 24.3 Å². The van der Waals surface area contributed by atoms with Crippen LogP contribution in [0.25, 0.3) is 0 Å². The van der Waals surface area contributed by atoms with Crippen molar-refractivity contribution in [2.45, 2.75) is 18.4 Å². The lowest BCUT2D eigenvalue weighted by atomic mass is 10.1. The fourth-order valence-electron chi connectivity index (χ4n) is 2.13. The minimum Gasteiger partial charge on any atom is -0.465 e. The smallest absolute Gasteiger partial charge is 0.340 e. The zero-order valence-corrected chi connectivity index (χ0v) is 13.1. The number of esters is 1. The van der Waals surface area contributed by atoms with E-state index in [0.717, 1.165) is 17.1 Å². The molecule has 110 valence electrons. The average Bonchev–Trinajstić information content (AvgIpc) is 2.48. The lowest BCUT2D eigenvalue weighted by Gasteiger charge is -2.11. The van der Waals surface area contributed by atoms with Crippen molar-refractivity contribution in [2.75, 3.05) is 12.8 Å². The van der Waals surface area contributed by atoms with Gasteiger partial charge in [0.25, 0.3) is 0 Å². The summed E-state index contributed by atoms with van der Waals surface area (Å²) in [6.45, 7) is 2.11. The van der Waals surface area contributed by atoms with Gasteiger partial charge in [-0.3, -0.25) is 0 Å². The highest BCUT2D eigenvalue weighted by atomic mass is 32.2. The molecule has 0 bridgehead atoms. The topological polar surface area (TPSA) is 52.3 Å². The number of thioether (sulfide) groups is 1. The van der Waals surface area contributed by atoms with Gasteiger partial charge in [0.05, 0.1) is 12.7 Å². The first-order valence-corrected chi connectivity index (χ1v) is 7.87. The number of ether oxygens (including phenoxy) is 1. The lowest BCUT2D eigenvalue weighted by Crippen LogP contribution is -2.09. The Balaban J connectivity index is 2.09. The molecule has 0 aliphatic carbocycles. The summed E-state index contributed by atoms with van der Waals surface area (Å²) in [7, 11) is 1.37. The van der Waals surface area contributed by atoms with E-state index in [0.29, 0.717) is 11.3 Å². The number of benzene rings is 2. The molecule has 0 heterocycles. The van der Waals surface area contributed by atoms with Crippen LogP contribution in [0.4, 0.5) is 5.69 Å². The maximum atomic E-state index is 11.8. The van der Waals surface area contributed by atoms with Crippen molar-refractivity contribution >= 4 is 23.4 Å². The molecule has 0 saturated heterocycles. The van der Waals surface area contributed by atoms with Gasteiger partial charge < -0.3 is 10.5 Å². The summed E-state index contributed by atoms with van der Waals surface area (Å²) in [6, 6.07) is 13.8. The molecular weight excluding hydrogens is 282 g/mol. The third-order valence-electron chi connectivity index (χ3n) is 3.35. The number of nitrogen functional groups attached to an aromatic ring is 1. The Bertz CT molecular complexity index is 640. The zero-order chi connectivity index (χ0) is 15.2. The number of hydrogen-bond acceptors (Lipinski definition) is 4. The van der Waals surface area contributed by atoms with E-state index >= 15 is 0 Å². The first-order chi connectivity index (χ1) is 10.1. The molecule has 0 atom stereocenters. The highest BCUT2D eigenvalue weighted by Gasteiger charge is 2.15. The summed E-state index contributed by atoms with van der Waals surface area (Å²) < 4.78 is 4.81. The van der Waals surface area contributed by atoms with Crippen LogP contribution in [0.2, 0.25) is 0 Å². The van der Waals surface area contributed by atoms with Gasteiger partial charge in [0.15, 0.2) is 0 Å². The van der Waals surface area contributed by atoms with Gasteiger partial charge in [0.1, 0.15) is 0 Å². The zero-order valence-electron chi connectivity index (χ0n) is 12.3. The summed E-state index contributed by atoms with van der Waals surface area (Å²) in [6.07, 6.45) is 0. The highest BCUT2D eigenvalue weighted by molar-refractivity contribution is 7.97. The lowest BCUT2D eigenvalue weighted by molar-refractivity contribution is 0.0601. The maximum absolute atomic E-state index is 11.8. The van der Waals surface area contributed by atoms with Gasteiger partial charge in [-0.05, 0) is 29.7 Å². The summed E-state index contributed by atoms with van der Waals surface area (Å²) in [4.78, 5) is 11.8. The molecule has 0 aliphatic rings. The molecule has 0 aromatic heterocycles. The Morgan fingerprint density at radius 1 is 1.10 bits per heavy atom. The third kappa shape index (κ3) is 3.79. The Hall–Kier alpha value is -1.94. The number of rotatable bonds is 5. The molecular formula is C17H19NO2S. The fourth-order valence-corrected chi connectivity index (χ4v) is 3.24. The summed E-state index contributed by atoms with van der Waals surface area (Å²) in [5, 5.41) is 0. The summed E-state index contributed by atoms with van der Waals surface area (Å²) >= 11 is 1.76. The van der Waals surface area contributed by atoms with Crippen molar-refractivity contribution in [2.24, 2.45) is 0 Å². The number of nitrogens with two attached hydrogens (primary N) is 1. The van der Waals surface area contributed by atoms with Gasteiger partial charge >= 0.3 is 5.97 Å². The Morgan fingerprint density at radius 2 is 1.76 bits per heavy atom. The van der Waals surface area contributed by atoms with Crippen molar-refractivity contribution in [1.29, 1.82) is 0 Å². The van der Waals surface area contributed by atoms with Crippen LogP contribution in [0.3, 0.4) is 0 Å². The van der Waals surface area contributed by atoms with E-state index in [2.05, 4.69) is 19.1 Å². The van der Waals surface area contributed by atoms with Crippen molar-refractivity contribution in [3.63, 3.8) is 0 Å². The first-order valence-electron chi connectivity index (χ1n) is 6.71. The predicted octanol–water partition coefficient (Wildman–Crippen LogP) is 3.80. The number of carbonyl (C=O) groups excluding carboxylic acids is 1. The van der Waals surface area contributed by atoms with Gasteiger partial charge in [0, 0.05) is 17.2 Å². The molecule has 21 heavy (non-hydrogen) atoms. The Kier molecular flexibility index (Phi) is 5.28. The van der Waals surface area contributed by atoms with Crippen LogP contribution < -0.4 is 5.73 Å². The number of hydrogen-bond donors (Lipinski definition) is 1. The van der Waals surface area contributed by atoms with Gasteiger partial charge in [-0.25, -0.2) is 4.79 Å². The van der Waals surface area contributed by atoms with E-state index in [9.17, 15) is 4.79 Å². The van der Waals surface area contributed by atoms with E-state index in [1.165, 1.54) is 18.2 Å². The number of methoxy groups -OCH3 is 1. The Morgan fingerprint density at radius 3 is 2.48 bits per heavy atom. The molecule has 0 aliphatic heterocycles. The second kappa shape index (κ2) is 7.18. The van der Waals surface area contributed by atoms with Crippen LogP contribution in [0, 0.1) is 6.92 Å². The van der Waals surface area contributed by atoms with Crippen molar-refractivity contribution in [3.8, 4) is 0 Å². The van der Waals surface area contributed by atoms with Crippen molar-refractivity contribution in [3.05, 3.63) is 64.7 Å². The number of anilines is 1. The van der Waals surface area contributed by atoms with E-state index in [-0.39, 0.29) is 5.97 Å². The van der Waals surface area contributed by atoms with Crippen LogP contribution in [0.5, 0.6) is 0 Å². The van der Waals surface area contributed by atoms with Crippen LogP contribution >= 0.6 is 11.8 Å². The standard InChI is InChI=1S/C17H19NO2S/c1-12-6-3-4-7-13(12)10-21-11-14-8-5-9-15(18)16(14)17(19)20-2/h3-9H,10-11,18H2,1-2H3. The van der Waals surface area contributed by atoms with E-state index in [4.69, 9.17) is 10.5 Å². The molecule has 0 saturated carbocycles. The summed E-state index contributed by atoms with van der Waals surface area (Å²) in [5.74, 6) is 1.26. The molecule has 0 unspecified atom stereocenters. The third-order valence-corrected chi connectivity index (χ3v) is 4.38. The fraction of sp³-hybridized carbons (Fsp3) is 0.235. The second-order valence-corrected chi connectivity index (χ2v) is 5.78. The molecule has 2 aromatic carbocycles. The molecule has 2 rings (SSSR count). The van der Waals surface area contributed by atoms with E-state index < -0.39 is 0 Å². The van der Waals surface area contributed by atoms with E-state index in [1.54, 1.807) is 17.8 Å². The van der Waals surface area contributed by atoms with Crippen molar-refractivity contribution in [1.82, 2.24) is 0 Å². The molecule has 2 N–H and O–H groups in total. The van der Waals surface area contributed by atoms with Gasteiger partial charge in [-0.1, -0.05) is 36.4 Å². The quantitative estimate of drug-likeness (QED) is 0.674. The maximum Gasteiger partial charge on any atom is 0.340 e. The van der Waals surface area contributed by atoms with Crippen LogP contribution in [0.15, 0.2) is 42.5 Å². The van der Waals surface area contributed by atoms with Gasteiger partial charge in [0.2, 0.25) is 0 Å². The van der Waals surface area contributed by atoms with Gasteiger partial charge in [-0.2, -0.15) is 11.8 Å². The SMILES string of the molecule is COC(=O)c1c(N)cccc1CSCc1ccccc1C. The largest absolute Gasteiger partial charge is 0.465 e. The number of aryl methyl sites for hydroxylation is 1. The van der Waals surface area contributed by atoms with Crippen LogP contribution in [-0.2, 0) is 16.2 Å². The predicted molar refractivity (Wildman–Crippen MR) is 88.4 cm³/mol. The molecule has 0 amide bonds. The normalized spacial score (nSPS) is 10.4. The minimum absolute atomic E-state index is 0.375. The van der Waals surface area contributed by atoms with Crippen LogP contribution in [0.1, 0.15) is 27.0 Å². The molecule has 2 aromatic rings. The first kappa shape index (κ1) is 15.4. The molecule has 0 fully saturated rings. The summed E-state index contributed by atoms with van der Waals surface area (Å²) in [5.41, 5.74) is 10.4. The van der Waals surface area contributed by atoms with Gasteiger partial charge in [-0.15, -0.1) is 0 Å². The second-order valence-electron chi connectivity index (χ2n) is 4.79. The molecule has 4 heteroatoms. The highest BCUT2D eigenvalue weighted by Crippen LogP contribution is 2.25. The molecule has 0 spiro atoms. The van der Waals surface area contributed by atoms with Crippen LogP contribution in [-0.4, -0.2) is 13.1 Å². The number of carbonyl (C=O) groups is 1. The minimum atomic E-state index is -0.375. The van der Waals surface area contributed by atoms with Crippen molar-refractivity contribution < 1.29 is 9.53 Å². The Labute approximate surface area is 129 Å². The average molecular weight is 301 g/mol. The molecule has 3 nitrogen and oxygen atoms in total. The monoisotopic (exact) mass is 301 g/mol.